The summed E-state index contributed by atoms with van der Waals surface area (Å²) < 4.78 is 0. The van der Waals surface area contributed by atoms with Gasteiger partial charge in [0, 0.05) is 17.4 Å². The van der Waals surface area contributed by atoms with Gasteiger partial charge in [0.15, 0.2) is 0 Å². The summed E-state index contributed by atoms with van der Waals surface area (Å²) in [6.07, 6.45) is -1.83. The first-order valence-electron chi connectivity index (χ1n) is 0.651. The summed E-state index contributed by atoms with van der Waals surface area (Å²) in [4.78, 5) is 8.56. The summed E-state index contributed by atoms with van der Waals surface area (Å²) in [7, 11) is 0. The van der Waals surface area contributed by atoms with Crippen molar-refractivity contribution >= 4 is 29.2 Å². The molecule has 0 amide bonds. The zero-order valence-electron chi connectivity index (χ0n) is 4.92. The van der Waals surface area contributed by atoms with E-state index in [2.05, 4.69) is 0 Å². The van der Waals surface area contributed by atoms with Gasteiger partial charge in [0.05, 0.1) is 0 Å². The Labute approximate surface area is 64.6 Å². The molecule has 0 radical (unpaired) electrons. The second-order valence-corrected chi connectivity index (χ2v) is 0.283. The van der Waals surface area contributed by atoms with Crippen LogP contribution in [0.5, 0.6) is 0 Å². The van der Waals surface area contributed by atoms with Gasteiger partial charge in [0.2, 0.25) is 0 Å². The second-order valence-electron chi connectivity index (χ2n) is 0.283. The molecule has 0 aromatic heterocycles. The first-order valence-corrected chi connectivity index (χ1v) is 0.651. The molecule has 0 saturated carbocycles. The molecule has 0 unspecified atom stereocenters. The second kappa shape index (κ2) is 9.13. The fourth-order valence-corrected chi connectivity index (χ4v) is 0. The predicted octanol–water partition coefficient (Wildman–Crippen LogP) is 0.0641. The van der Waals surface area contributed by atoms with Gasteiger partial charge in [-0.15, -0.1) is 0 Å². The van der Waals surface area contributed by atoms with Crippen LogP contribution in [0.4, 0.5) is 4.79 Å². The molecule has 0 bridgehead atoms. The third-order valence-corrected chi connectivity index (χ3v) is 0. The minimum atomic E-state index is -1.83. The molecule has 0 aliphatic rings. The van der Waals surface area contributed by atoms with Gasteiger partial charge >= 0.3 is 29.2 Å². The van der Waals surface area contributed by atoms with Crippen molar-refractivity contribution in [1.82, 2.24) is 0 Å². The Morgan fingerprint density at radius 3 is 1.50 bits per heavy atom. The van der Waals surface area contributed by atoms with Crippen molar-refractivity contribution in [2.45, 2.75) is 0 Å². The minimum absolute atomic E-state index is 0. The van der Waals surface area contributed by atoms with E-state index in [1.54, 1.807) is 0 Å². The average Bonchev–Trinajstić information content (AvgIpc) is 0.811. The van der Waals surface area contributed by atoms with E-state index in [-0.39, 0.29) is 43.3 Å². The molecule has 0 aromatic rings. The maximum Gasteiger partial charge on any atom is 2.00 e. The van der Waals surface area contributed by atoms with Crippen LogP contribution in [0.2, 0.25) is 0 Å². The molecule has 2 N–H and O–H groups in total. The van der Waals surface area contributed by atoms with Crippen molar-refractivity contribution in [3.8, 4) is 0 Å². The molecule has 0 atom stereocenters. The predicted molar refractivity (Wildman–Crippen MR) is 18.6 cm³/mol. The Morgan fingerprint density at radius 2 is 1.50 bits per heavy atom. The standard InChI is InChI=1S/CH2O3.Cr.Mg.2H/c2-1(3)4;;;;/h(H2,2,3,4);;;;/q;;+2;2*-1. The monoisotopic (exact) mass is 140 g/mol. The molecule has 6 heavy (non-hydrogen) atoms. The summed E-state index contributed by atoms with van der Waals surface area (Å²) in [5.74, 6) is 0. The topological polar surface area (TPSA) is 57.5 Å². The molecule has 0 saturated heterocycles. The van der Waals surface area contributed by atoms with Crippen LogP contribution < -0.4 is 0 Å². The van der Waals surface area contributed by atoms with E-state index in [1.807, 2.05) is 0 Å². The largest absolute Gasteiger partial charge is 2.00 e. The summed E-state index contributed by atoms with van der Waals surface area (Å²) in [6, 6.07) is 0. The van der Waals surface area contributed by atoms with Gasteiger partial charge in [-0.2, -0.15) is 0 Å². The fraction of sp³-hybridized carbons (Fsp3) is 0. The van der Waals surface area contributed by atoms with Crippen molar-refractivity contribution in [3.63, 3.8) is 0 Å². The van der Waals surface area contributed by atoms with Crippen molar-refractivity contribution in [3.05, 3.63) is 0 Å². The smallest absolute Gasteiger partial charge is 1.00 e. The normalized spacial score (nSPS) is 4.00. The van der Waals surface area contributed by atoms with Gasteiger partial charge in [-0.1, -0.05) is 0 Å². The minimum Gasteiger partial charge on any atom is -1.00 e. The molecule has 0 fully saturated rings. The molecule has 0 rings (SSSR count). The summed E-state index contributed by atoms with van der Waals surface area (Å²) in [6.45, 7) is 0. The Bertz CT molecular complexity index is 40.3. The van der Waals surface area contributed by atoms with Crippen LogP contribution in [0.3, 0.4) is 0 Å². The Morgan fingerprint density at radius 1 is 1.50 bits per heavy atom. The molecular formula is CH4CrMgO3. The van der Waals surface area contributed by atoms with Crippen LogP contribution in [0.25, 0.3) is 0 Å². The van der Waals surface area contributed by atoms with Crippen LogP contribution in [0.1, 0.15) is 2.85 Å². The quantitative estimate of drug-likeness (QED) is 0.468. The molecular weight excluding hydrogens is 136 g/mol. The van der Waals surface area contributed by atoms with E-state index in [1.165, 1.54) is 0 Å². The third-order valence-electron chi connectivity index (χ3n) is 0. The molecule has 0 heterocycles. The molecule has 34 valence electrons. The Balaban J connectivity index is -0.00000000750. The SMILES string of the molecule is O=C(O)O.[Cr].[H-].[H-].[Mg+2]. The van der Waals surface area contributed by atoms with Crippen LogP contribution in [0.15, 0.2) is 0 Å². The molecule has 0 aliphatic heterocycles. The molecule has 5 heteroatoms. The van der Waals surface area contributed by atoms with Gasteiger partial charge in [0.1, 0.15) is 0 Å². The van der Waals surface area contributed by atoms with Gasteiger partial charge in [-0.05, 0) is 0 Å². The number of hydrogen-bond donors (Lipinski definition) is 2. The van der Waals surface area contributed by atoms with Crippen LogP contribution in [0, 0.1) is 0 Å². The first kappa shape index (κ1) is 16.0. The number of hydrogen-bond acceptors (Lipinski definition) is 1. The van der Waals surface area contributed by atoms with E-state index in [4.69, 9.17) is 15.0 Å². The van der Waals surface area contributed by atoms with Crippen molar-refractivity contribution < 1.29 is 35.2 Å². The van der Waals surface area contributed by atoms with Crippen LogP contribution >= 0.6 is 0 Å². The van der Waals surface area contributed by atoms with E-state index in [9.17, 15) is 0 Å². The van der Waals surface area contributed by atoms with E-state index >= 15 is 0 Å². The summed E-state index contributed by atoms with van der Waals surface area (Å²) >= 11 is 0. The molecule has 0 aliphatic carbocycles. The number of carboxylic acid groups (broad SMARTS) is 2. The van der Waals surface area contributed by atoms with Crippen LogP contribution in [-0.2, 0) is 17.4 Å². The van der Waals surface area contributed by atoms with E-state index in [0.717, 1.165) is 0 Å². The molecule has 3 nitrogen and oxygen atoms in total. The first-order chi connectivity index (χ1) is 1.73. The van der Waals surface area contributed by atoms with E-state index < -0.39 is 6.16 Å². The summed E-state index contributed by atoms with van der Waals surface area (Å²) in [5, 5.41) is 13.9. The number of rotatable bonds is 0. The van der Waals surface area contributed by atoms with Crippen molar-refractivity contribution in [2.75, 3.05) is 0 Å². The van der Waals surface area contributed by atoms with Crippen LogP contribution in [-0.4, -0.2) is 39.4 Å². The maximum atomic E-state index is 8.56. The van der Waals surface area contributed by atoms with Gasteiger partial charge in [0.25, 0.3) is 0 Å². The molecule has 0 spiro atoms. The average molecular weight is 140 g/mol. The summed E-state index contributed by atoms with van der Waals surface area (Å²) in [5.41, 5.74) is 0. The third kappa shape index (κ3) is 180. The zero-order chi connectivity index (χ0) is 3.58. The van der Waals surface area contributed by atoms with Gasteiger partial charge in [-0.3, -0.25) is 0 Å². The maximum absolute atomic E-state index is 8.56. The Hall–Kier alpha value is 0.569. The molecule has 0 aromatic carbocycles. The fourth-order valence-electron chi connectivity index (χ4n) is 0. The van der Waals surface area contributed by atoms with Gasteiger partial charge < -0.3 is 13.1 Å². The number of carbonyl (C=O) groups is 1. The van der Waals surface area contributed by atoms with Gasteiger partial charge in [-0.25, -0.2) is 4.79 Å². The van der Waals surface area contributed by atoms with Crippen molar-refractivity contribution in [1.29, 1.82) is 0 Å². The van der Waals surface area contributed by atoms with E-state index in [0.29, 0.717) is 0 Å². The Kier molecular flexibility index (Phi) is 24.3. The zero-order valence-corrected chi connectivity index (χ0v) is 5.61. The van der Waals surface area contributed by atoms with Crippen molar-refractivity contribution in [2.24, 2.45) is 0 Å².